The Morgan fingerprint density at radius 2 is 1.78 bits per heavy atom. The summed E-state index contributed by atoms with van der Waals surface area (Å²) in [4.78, 5) is 42.0. The fraction of sp³-hybridized carbons (Fsp3) is 0.100. The lowest BCUT2D eigenvalue weighted by Crippen LogP contribution is -2.41. The zero-order valence-corrected chi connectivity index (χ0v) is 14.2. The highest BCUT2D eigenvalue weighted by Gasteiger charge is 2.30. The van der Waals surface area contributed by atoms with Crippen molar-refractivity contribution in [2.45, 2.75) is 12.6 Å². The maximum Gasteiger partial charge on any atom is 0.251 e. The zero-order valence-electron chi connectivity index (χ0n) is 14.2. The summed E-state index contributed by atoms with van der Waals surface area (Å²) in [6.07, 6.45) is 2.96. The number of pyridine rings is 2. The Balaban J connectivity index is 1.91. The lowest BCUT2D eigenvalue weighted by atomic mass is 10.0. The Morgan fingerprint density at radius 3 is 2.44 bits per heavy atom. The average molecular weight is 365 g/mol. The van der Waals surface area contributed by atoms with Crippen molar-refractivity contribution in [2.24, 2.45) is 0 Å². The van der Waals surface area contributed by atoms with Gasteiger partial charge in [-0.25, -0.2) is 4.39 Å². The molecule has 6 nitrogen and oxygen atoms in total. The summed E-state index contributed by atoms with van der Waals surface area (Å²) in [7, 11) is 0. The van der Waals surface area contributed by atoms with Crippen LogP contribution in [0.25, 0.3) is 0 Å². The van der Waals surface area contributed by atoms with Gasteiger partial charge in [-0.2, -0.15) is 0 Å². The summed E-state index contributed by atoms with van der Waals surface area (Å²) in [5.41, 5.74) is 0.246. The van der Waals surface area contributed by atoms with Crippen LogP contribution in [0, 0.1) is 5.82 Å². The quantitative estimate of drug-likeness (QED) is 0.536. The minimum Gasteiger partial charge on any atom is -0.348 e. The smallest absolute Gasteiger partial charge is 0.251 e. The van der Waals surface area contributed by atoms with Crippen LogP contribution in [0.1, 0.15) is 22.1 Å². The fourth-order valence-corrected chi connectivity index (χ4v) is 2.57. The first kappa shape index (κ1) is 18.2. The molecule has 1 atom stereocenters. The third-order valence-electron chi connectivity index (χ3n) is 3.92. The Bertz CT molecular complexity index is 1000. The number of hydrogen-bond acceptors (Lipinski definition) is 4. The highest BCUT2D eigenvalue weighted by atomic mass is 19.1. The van der Waals surface area contributed by atoms with E-state index in [1.807, 2.05) is 0 Å². The van der Waals surface area contributed by atoms with Crippen molar-refractivity contribution in [2.75, 3.05) is 0 Å². The zero-order chi connectivity index (χ0) is 19.2. The van der Waals surface area contributed by atoms with E-state index in [9.17, 15) is 18.8 Å². The van der Waals surface area contributed by atoms with Gasteiger partial charge in [0.25, 0.3) is 11.5 Å². The van der Waals surface area contributed by atoms with Crippen LogP contribution < -0.4 is 10.9 Å². The van der Waals surface area contributed by atoms with Crippen molar-refractivity contribution < 1.29 is 14.0 Å². The van der Waals surface area contributed by atoms with E-state index in [2.05, 4.69) is 10.3 Å². The molecular weight excluding hydrogens is 349 g/mol. The van der Waals surface area contributed by atoms with Gasteiger partial charge in [-0.1, -0.05) is 12.1 Å². The summed E-state index contributed by atoms with van der Waals surface area (Å²) in [5.74, 6) is -1.76. The van der Waals surface area contributed by atoms with Crippen LogP contribution in [0.3, 0.4) is 0 Å². The van der Waals surface area contributed by atoms with E-state index in [0.717, 1.165) is 16.7 Å². The van der Waals surface area contributed by atoms with Crippen LogP contribution in [0.4, 0.5) is 4.39 Å². The predicted octanol–water partition coefficient (Wildman–Crippen LogP) is 2.12. The molecule has 136 valence electrons. The number of halogens is 1. The van der Waals surface area contributed by atoms with Gasteiger partial charge in [0.2, 0.25) is 0 Å². The molecule has 7 heteroatoms. The molecule has 0 saturated heterocycles. The number of benzene rings is 1. The van der Waals surface area contributed by atoms with Crippen LogP contribution in [-0.2, 0) is 11.3 Å². The van der Waals surface area contributed by atoms with E-state index in [1.165, 1.54) is 30.5 Å². The monoisotopic (exact) mass is 365 g/mol. The molecule has 1 amide bonds. The molecule has 1 N–H and O–H groups in total. The molecule has 0 radical (unpaired) electrons. The lowest BCUT2D eigenvalue weighted by Gasteiger charge is -2.18. The first-order chi connectivity index (χ1) is 13.1. The number of nitrogens with zero attached hydrogens (tertiary/aromatic N) is 2. The Kier molecular flexibility index (Phi) is 5.51. The number of aromatic nitrogens is 2. The van der Waals surface area contributed by atoms with E-state index >= 15 is 0 Å². The number of carbonyl (C=O) groups is 2. The fourth-order valence-electron chi connectivity index (χ4n) is 2.57. The first-order valence-corrected chi connectivity index (χ1v) is 8.21. The molecule has 0 fully saturated rings. The van der Waals surface area contributed by atoms with Crippen LogP contribution in [0.5, 0.6) is 0 Å². The van der Waals surface area contributed by atoms with Crippen LogP contribution in [0.15, 0.2) is 77.9 Å². The molecule has 0 aliphatic rings. The van der Waals surface area contributed by atoms with E-state index in [1.54, 1.807) is 30.5 Å². The van der Waals surface area contributed by atoms with E-state index < -0.39 is 29.1 Å². The van der Waals surface area contributed by atoms with Crippen molar-refractivity contribution in [3.63, 3.8) is 0 Å². The molecule has 3 aromatic rings. The average Bonchev–Trinajstić information content (AvgIpc) is 2.69. The molecule has 0 spiro atoms. The van der Waals surface area contributed by atoms with E-state index in [0.29, 0.717) is 5.69 Å². The second-order valence-corrected chi connectivity index (χ2v) is 5.76. The molecule has 0 unspecified atom stereocenters. The SMILES string of the molecule is O=C(NCc1ccccn1)[C@@H](C(=O)c1ccc(F)cc1)n1ccccc1=O. The van der Waals surface area contributed by atoms with Gasteiger partial charge < -0.3 is 5.32 Å². The standard InChI is InChI=1S/C20H16FN3O3/c21-15-9-7-14(8-10-15)19(26)18(24-12-4-2-6-17(24)25)20(27)23-13-16-5-1-3-11-22-16/h1-12,18H,13H2,(H,23,27)/t18-/m1/s1. The second kappa shape index (κ2) is 8.18. The third kappa shape index (κ3) is 4.33. The molecular formula is C20H16FN3O3. The molecule has 1 aromatic carbocycles. The number of ketones is 1. The molecule has 0 aliphatic carbocycles. The van der Waals surface area contributed by atoms with Gasteiger partial charge in [0.1, 0.15) is 5.82 Å². The molecule has 2 aromatic heterocycles. The van der Waals surface area contributed by atoms with Gasteiger partial charge in [-0.15, -0.1) is 0 Å². The van der Waals surface area contributed by atoms with Gasteiger partial charge in [0.05, 0.1) is 12.2 Å². The summed E-state index contributed by atoms with van der Waals surface area (Å²) < 4.78 is 14.2. The summed E-state index contributed by atoms with van der Waals surface area (Å²) in [5, 5.41) is 2.63. The highest BCUT2D eigenvalue weighted by molar-refractivity contribution is 6.11. The molecule has 0 saturated carbocycles. The summed E-state index contributed by atoms with van der Waals surface area (Å²) >= 11 is 0. The summed E-state index contributed by atoms with van der Waals surface area (Å²) in [6.45, 7) is 0.106. The lowest BCUT2D eigenvalue weighted by molar-refractivity contribution is -0.123. The summed E-state index contributed by atoms with van der Waals surface area (Å²) in [6, 6.07) is 13.0. The number of carbonyl (C=O) groups excluding carboxylic acids is 2. The molecule has 2 heterocycles. The van der Waals surface area contributed by atoms with Crippen LogP contribution >= 0.6 is 0 Å². The Hall–Kier alpha value is -3.61. The number of amides is 1. The van der Waals surface area contributed by atoms with Crippen molar-refractivity contribution in [3.8, 4) is 0 Å². The third-order valence-corrected chi connectivity index (χ3v) is 3.92. The maximum absolute atomic E-state index is 13.2. The maximum atomic E-state index is 13.2. The number of Topliss-reactive ketones (excluding diaryl/α,β-unsaturated/α-hetero) is 1. The number of rotatable bonds is 6. The van der Waals surface area contributed by atoms with Gasteiger partial charge >= 0.3 is 0 Å². The number of hydrogen-bond donors (Lipinski definition) is 1. The normalized spacial score (nSPS) is 11.6. The first-order valence-electron chi connectivity index (χ1n) is 8.21. The van der Waals surface area contributed by atoms with Gasteiger partial charge in [-0.3, -0.25) is 23.9 Å². The molecule has 0 aliphatic heterocycles. The van der Waals surface area contributed by atoms with Crippen molar-refractivity contribution in [1.29, 1.82) is 0 Å². The van der Waals surface area contributed by atoms with Crippen LogP contribution in [0.2, 0.25) is 0 Å². The van der Waals surface area contributed by atoms with Crippen molar-refractivity contribution >= 4 is 11.7 Å². The molecule has 3 rings (SSSR count). The Labute approximate surface area is 154 Å². The molecule has 0 bridgehead atoms. The molecule has 27 heavy (non-hydrogen) atoms. The largest absolute Gasteiger partial charge is 0.348 e. The minimum absolute atomic E-state index is 0.106. The van der Waals surface area contributed by atoms with Gasteiger partial charge in [0, 0.05) is 24.0 Å². The minimum atomic E-state index is -1.41. The van der Waals surface area contributed by atoms with Crippen molar-refractivity contribution in [3.05, 3.63) is 100 Å². The topological polar surface area (TPSA) is 81.1 Å². The van der Waals surface area contributed by atoms with Crippen LogP contribution in [-0.4, -0.2) is 21.2 Å². The van der Waals surface area contributed by atoms with Gasteiger partial charge in [0.15, 0.2) is 11.8 Å². The van der Waals surface area contributed by atoms with E-state index in [-0.39, 0.29) is 12.1 Å². The number of nitrogens with one attached hydrogen (secondary N) is 1. The highest BCUT2D eigenvalue weighted by Crippen LogP contribution is 2.15. The Morgan fingerprint density at radius 1 is 1.04 bits per heavy atom. The second-order valence-electron chi connectivity index (χ2n) is 5.76. The van der Waals surface area contributed by atoms with E-state index in [4.69, 9.17) is 0 Å². The predicted molar refractivity (Wildman–Crippen MR) is 96.6 cm³/mol. The van der Waals surface area contributed by atoms with Gasteiger partial charge in [-0.05, 0) is 42.5 Å². The van der Waals surface area contributed by atoms with Crippen molar-refractivity contribution in [1.82, 2.24) is 14.9 Å².